The van der Waals surface area contributed by atoms with E-state index in [-0.39, 0.29) is 12.1 Å². The van der Waals surface area contributed by atoms with Gasteiger partial charge in [0.15, 0.2) is 0 Å². The summed E-state index contributed by atoms with van der Waals surface area (Å²) >= 11 is 0. The molecule has 2 amide bonds. The average Bonchev–Trinajstić information content (AvgIpc) is 3.06. The Kier molecular flexibility index (Phi) is 2.35. The molecule has 3 rings (SSSR count). The van der Waals surface area contributed by atoms with Gasteiger partial charge in [-0.05, 0) is 25.7 Å². The number of amidine groups is 1. The number of hydrogen-bond donors (Lipinski definition) is 1. The number of nitrogens with two attached hydrogens (primary N) is 1. The van der Waals surface area contributed by atoms with Crippen molar-refractivity contribution in [1.29, 1.82) is 0 Å². The van der Waals surface area contributed by atoms with E-state index < -0.39 is 0 Å². The van der Waals surface area contributed by atoms with Crippen molar-refractivity contribution in [3.8, 4) is 0 Å². The number of amides is 2. The van der Waals surface area contributed by atoms with Crippen LogP contribution in [0.4, 0.5) is 4.79 Å². The number of carbonyl (C=O) groups excluding carboxylic acids is 1. The quantitative estimate of drug-likeness (QED) is 0.750. The van der Waals surface area contributed by atoms with E-state index in [2.05, 4.69) is 4.99 Å². The van der Waals surface area contributed by atoms with Gasteiger partial charge in [0.05, 0.1) is 12.6 Å². The Morgan fingerprint density at radius 1 is 1.38 bits per heavy atom. The highest BCUT2D eigenvalue weighted by atomic mass is 16.5. The lowest BCUT2D eigenvalue weighted by Crippen LogP contribution is -2.49. The Bertz CT molecular complexity index is 332. The molecule has 3 aliphatic rings. The summed E-state index contributed by atoms with van der Waals surface area (Å²) in [5.41, 5.74) is 5.89. The Balaban J connectivity index is 1.79. The molecule has 2 heterocycles. The molecular weight excluding hydrogens is 206 g/mol. The molecule has 1 saturated carbocycles. The fourth-order valence-corrected chi connectivity index (χ4v) is 2.72. The van der Waals surface area contributed by atoms with Crippen molar-refractivity contribution in [3.05, 3.63) is 0 Å². The van der Waals surface area contributed by atoms with Crippen LogP contribution in [-0.4, -0.2) is 42.1 Å². The number of hydrogen-bond acceptors (Lipinski definition) is 3. The first kappa shape index (κ1) is 10.1. The van der Waals surface area contributed by atoms with Gasteiger partial charge in [0.1, 0.15) is 5.84 Å². The van der Waals surface area contributed by atoms with E-state index >= 15 is 0 Å². The summed E-state index contributed by atoms with van der Waals surface area (Å²) in [7, 11) is 0. The van der Waals surface area contributed by atoms with Crippen LogP contribution in [0.25, 0.3) is 0 Å². The SMILES string of the molecule is NC1=NC(=O)N(C2CC2)C1C1CCCOC1. The van der Waals surface area contributed by atoms with Crippen LogP contribution in [0.1, 0.15) is 25.7 Å². The minimum absolute atomic E-state index is 0.000278. The maximum Gasteiger partial charge on any atom is 0.346 e. The summed E-state index contributed by atoms with van der Waals surface area (Å²) in [6, 6.07) is 0.236. The van der Waals surface area contributed by atoms with Crippen molar-refractivity contribution in [2.24, 2.45) is 16.6 Å². The first-order valence-electron chi connectivity index (χ1n) is 6.01. The molecule has 1 aliphatic carbocycles. The monoisotopic (exact) mass is 223 g/mol. The zero-order chi connectivity index (χ0) is 11.1. The van der Waals surface area contributed by atoms with Gasteiger partial charge in [-0.15, -0.1) is 0 Å². The smallest absolute Gasteiger partial charge is 0.346 e. The maximum absolute atomic E-state index is 11.7. The lowest BCUT2D eigenvalue weighted by Gasteiger charge is -2.33. The molecule has 0 aromatic carbocycles. The van der Waals surface area contributed by atoms with Crippen LogP contribution in [0.5, 0.6) is 0 Å². The third-order valence-corrected chi connectivity index (χ3v) is 3.63. The number of carbonyl (C=O) groups is 1. The van der Waals surface area contributed by atoms with Crippen molar-refractivity contribution < 1.29 is 9.53 Å². The number of ether oxygens (including phenoxy) is 1. The van der Waals surface area contributed by atoms with E-state index in [9.17, 15) is 4.79 Å². The number of rotatable bonds is 2. The molecule has 2 unspecified atom stereocenters. The van der Waals surface area contributed by atoms with E-state index in [1.54, 1.807) is 0 Å². The summed E-state index contributed by atoms with van der Waals surface area (Å²) in [4.78, 5) is 17.5. The normalized spacial score (nSPS) is 35.4. The van der Waals surface area contributed by atoms with Gasteiger partial charge in [-0.25, -0.2) is 4.79 Å². The average molecular weight is 223 g/mol. The Hall–Kier alpha value is -1.10. The van der Waals surface area contributed by atoms with Crippen LogP contribution in [0.3, 0.4) is 0 Å². The highest BCUT2D eigenvalue weighted by Crippen LogP contribution is 2.35. The van der Waals surface area contributed by atoms with Gasteiger partial charge in [0.2, 0.25) is 0 Å². The second kappa shape index (κ2) is 3.73. The highest BCUT2D eigenvalue weighted by Gasteiger charge is 2.46. The predicted octanol–water partition coefficient (Wildman–Crippen LogP) is 0.737. The minimum atomic E-state index is -0.143. The molecule has 2 aliphatic heterocycles. The molecule has 1 saturated heterocycles. The van der Waals surface area contributed by atoms with Crippen molar-refractivity contribution in [1.82, 2.24) is 4.90 Å². The molecule has 2 fully saturated rings. The molecule has 0 aromatic heterocycles. The van der Waals surface area contributed by atoms with Crippen LogP contribution >= 0.6 is 0 Å². The molecule has 2 atom stereocenters. The third kappa shape index (κ3) is 1.59. The minimum Gasteiger partial charge on any atom is -0.385 e. The summed E-state index contributed by atoms with van der Waals surface area (Å²) in [5.74, 6) is 0.831. The van der Waals surface area contributed by atoms with Crippen molar-refractivity contribution >= 4 is 11.9 Å². The van der Waals surface area contributed by atoms with Gasteiger partial charge in [0.25, 0.3) is 0 Å². The van der Waals surface area contributed by atoms with Crippen LogP contribution < -0.4 is 5.73 Å². The summed E-state index contributed by atoms with van der Waals surface area (Å²) in [6.45, 7) is 1.54. The van der Waals surface area contributed by atoms with Gasteiger partial charge in [-0.1, -0.05) is 0 Å². The molecule has 5 nitrogen and oxygen atoms in total. The van der Waals surface area contributed by atoms with Crippen molar-refractivity contribution in [3.63, 3.8) is 0 Å². The van der Waals surface area contributed by atoms with Crippen LogP contribution in [0.2, 0.25) is 0 Å². The Labute approximate surface area is 94.6 Å². The van der Waals surface area contributed by atoms with E-state index in [0.717, 1.165) is 32.3 Å². The third-order valence-electron chi connectivity index (χ3n) is 3.63. The fourth-order valence-electron chi connectivity index (χ4n) is 2.72. The molecule has 0 bridgehead atoms. The van der Waals surface area contributed by atoms with Crippen LogP contribution in [-0.2, 0) is 4.74 Å². The van der Waals surface area contributed by atoms with Gasteiger partial charge in [-0.3, -0.25) is 0 Å². The molecule has 0 spiro atoms. The second-order valence-electron chi connectivity index (χ2n) is 4.88. The second-order valence-corrected chi connectivity index (χ2v) is 4.88. The maximum atomic E-state index is 11.7. The first-order chi connectivity index (χ1) is 7.77. The number of aliphatic imine (C=N–C) groups is 1. The zero-order valence-corrected chi connectivity index (χ0v) is 9.26. The lowest BCUT2D eigenvalue weighted by molar-refractivity contribution is 0.0340. The van der Waals surface area contributed by atoms with E-state index in [4.69, 9.17) is 10.5 Å². The van der Waals surface area contributed by atoms with E-state index in [0.29, 0.717) is 24.4 Å². The number of nitrogens with zero attached hydrogens (tertiary/aromatic N) is 2. The van der Waals surface area contributed by atoms with Crippen molar-refractivity contribution in [2.45, 2.75) is 37.8 Å². The molecule has 5 heteroatoms. The molecular formula is C11H17N3O2. The van der Waals surface area contributed by atoms with Gasteiger partial charge >= 0.3 is 6.03 Å². The predicted molar refractivity (Wildman–Crippen MR) is 59.2 cm³/mol. The summed E-state index contributed by atoms with van der Waals surface area (Å²) in [5, 5.41) is 0. The fraction of sp³-hybridized carbons (Fsp3) is 0.818. The van der Waals surface area contributed by atoms with Gasteiger partial charge < -0.3 is 15.4 Å². The highest BCUT2D eigenvalue weighted by molar-refractivity contribution is 6.03. The molecule has 0 radical (unpaired) electrons. The zero-order valence-electron chi connectivity index (χ0n) is 9.26. The van der Waals surface area contributed by atoms with Crippen LogP contribution in [0.15, 0.2) is 4.99 Å². The molecule has 0 aromatic rings. The topological polar surface area (TPSA) is 67.9 Å². The standard InChI is InChI=1S/C11H17N3O2/c12-10-9(7-2-1-5-16-6-7)14(8-3-4-8)11(15)13-10/h7-9H,1-6H2,(H2,12,13,15). The molecule has 2 N–H and O–H groups in total. The molecule has 16 heavy (non-hydrogen) atoms. The van der Waals surface area contributed by atoms with Crippen molar-refractivity contribution in [2.75, 3.05) is 13.2 Å². The largest absolute Gasteiger partial charge is 0.385 e. The first-order valence-corrected chi connectivity index (χ1v) is 6.01. The lowest BCUT2D eigenvalue weighted by atomic mass is 9.92. The van der Waals surface area contributed by atoms with Gasteiger partial charge in [0, 0.05) is 18.6 Å². The Morgan fingerprint density at radius 2 is 2.19 bits per heavy atom. The summed E-state index contributed by atoms with van der Waals surface area (Å²) < 4.78 is 5.48. The summed E-state index contributed by atoms with van der Waals surface area (Å²) in [6.07, 6.45) is 4.33. The Morgan fingerprint density at radius 3 is 2.81 bits per heavy atom. The van der Waals surface area contributed by atoms with Gasteiger partial charge in [-0.2, -0.15) is 4.99 Å². The van der Waals surface area contributed by atoms with E-state index in [1.165, 1.54) is 0 Å². The molecule has 88 valence electrons. The van der Waals surface area contributed by atoms with Crippen LogP contribution in [0, 0.1) is 5.92 Å². The number of urea groups is 1. The van der Waals surface area contributed by atoms with E-state index in [1.807, 2.05) is 4.90 Å².